The molecule has 0 saturated heterocycles. The van der Waals surface area contributed by atoms with E-state index in [0.29, 0.717) is 0 Å². The van der Waals surface area contributed by atoms with Crippen LogP contribution in [0.3, 0.4) is 0 Å². The summed E-state index contributed by atoms with van der Waals surface area (Å²) in [5.74, 6) is -0.497. The minimum absolute atomic E-state index is 0.0770. The smallest absolute Gasteiger partial charge is 0.240 e. The van der Waals surface area contributed by atoms with Crippen molar-refractivity contribution in [2.45, 2.75) is 26.7 Å². The summed E-state index contributed by atoms with van der Waals surface area (Å²) in [6, 6.07) is 13.5. The number of nitrogens with zero attached hydrogens (tertiary/aromatic N) is 2. The summed E-state index contributed by atoms with van der Waals surface area (Å²) in [6.07, 6.45) is 1.76. The molecule has 0 radical (unpaired) electrons. The molecule has 0 aliphatic heterocycles. The molecule has 2 aromatic rings. The maximum Gasteiger partial charge on any atom is 0.240 e. The fraction of sp³-hybridized carbons (Fsp3) is 0.286. The average Bonchev–Trinajstić information content (AvgIpc) is 2.63. The monoisotopic (exact) mass is 366 g/mol. The molecule has 0 atom stereocenters. The highest BCUT2D eigenvalue weighted by atomic mass is 16.2. The van der Waals surface area contributed by atoms with Crippen molar-refractivity contribution in [2.75, 3.05) is 24.3 Å². The van der Waals surface area contributed by atoms with E-state index in [2.05, 4.69) is 15.8 Å². The summed E-state index contributed by atoms with van der Waals surface area (Å²) in [5.41, 5.74) is 7.43. The SMILES string of the molecule is Cc1ccc(NC(=O)CCC(=O)NN=Cc2ccc(N(C)C)cc2)cc1C. The van der Waals surface area contributed by atoms with Gasteiger partial charge in [-0.3, -0.25) is 9.59 Å². The summed E-state index contributed by atoms with van der Waals surface area (Å²) in [6.45, 7) is 4.01. The third-order valence-electron chi connectivity index (χ3n) is 4.18. The summed E-state index contributed by atoms with van der Waals surface area (Å²) in [5, 5.41) is 6.73. The topological polar surface area (TPSA) is 73.8 Å². The van der Waals surface area contributed by atoms with E-state index in [9.17, 15) is 9.59 Å². The second-order valence-electron chi connectivity index (χ2n) is 6.63. The van der Waals surface area contributed by atoms with Crippen LogP contribution >= 0.6 is 0 Å². The molecule has 0 bridgehead atoms. The highest BCUT2D eigenvalue weighted by Crippen LogP contribution is 2.14. The maximum absolute atomic E-state index is 12.0. The summed E-state index contributed by atoms with van der Waals surface area (Å²) >= 11 is 0. The Morgan fingerprint density at radius 2 is 1.63 bits per heavy atom. The van der Waals surface area contributed by atoms with Gasteiger partial charge in [-0.2, -0.15) is 5.10 Å². The van der Waals surface area contributed by atoms with Gasteiger partial charge in [-0.1, -0.05) is 18.2 Å². The van der Waals surface area contributed by atoms with Crippen molar-refractivity contribution in [1.29, 1.82) is 0 Å². The van der Waals surface area contributed by atoms with E-state index in [4.69, 9.17) is 0 Å². The number of anilines is 2. The highest BCUT2D eigenvalue weighted by Gasteiger charge is 2.07. The summed E-state index contributed by atoms with van der Waals surface area (Å²) < 4.78 is 0. The van der Waals surface area contributed by atoms with E-state index >= 15 is 0 Å². The van der Waals surface area contributed by atoms with Crippen LogP contribution in [0.1, 0.15) is 29.5 Å². The maximum atomic E-state index is 12.0. The van der Waals surface area contributed by atoms with Crippen LogP contribution in [-0.4, -0.2) is 32.1 Å². The van der Waals surface area contributed by atoms with Crippen LogP contribution in [0.25, 0.3) is 0 Å². The van der Waals surface area contributed by atoms with Crippen LogP contribution in [0, 0.1) is 13.8 Å². The lowest BCUT2D eigenvalue weighted by Gasteiger charge is -2.11. The molecule has 2 amide bonds. The predicted octanol–water partition coefficient (Wildman–Crippen LogP) is 3.24. The molecule has 142 valence electrons. The molecule has 0 aliphatic carbocycles. The van der Waals surface area contributed by atoms with Crippen LogP contribution < -0.4 is 15.6 Å². The Hall–Kier alpha value is -3.15. The Bertz CT molecular complexity index is 827. The fourth-order valence-corrected chi connectivity index (χ4v) is 2.36. The Balaban J connectivity index is 1.75. The van der Waals surface area contributed by atoms with Gasteiger partial charge in [0.05, 0.1) is 6.21 Å². The first-order valence-electron chi connectivity index (χ1n) is 8.81. The minimum Gasteiger partial charge on any atom is -0.378 e. The van der Waals surface area contributed by atoms with Crippen LogP contribution in [-0.2, 0) is 9.59 Å². The van der Waals surface area contributed by atoms with Crippen molar-refractivity contribution in [1.82, 2.24) is 5.43 Å². The normalized spacial score (nSPS) is 10.7. The Morgan fingerprint density at radius 3 is 2.26 bits per heavy atom. The van der Waals surface area contributed by atoms with Gasteiger partial charge in [-0.15, -0.1) is 0 Å². The number of aryl methyl sites for hydroxylation is 2. The van der Waals surface area contributed by atoms with Crippen molar-refractivity contribution in [3.05, 3.63) is 59.2 Å². The molecular formula is C21H26N4O2. The van der Waals surface area contributed by atoms with Gasteiger partial charge in [0.15, 0.2) is 0 Å². The van der Waals surface area contributed by atoms with Gasteiger partial charge in [0, 0.05) is 38.3 Å². The Labute approximate surface area is 160 Å². The number of amides is 2. The van der Waals surface area contributed by atoms with E-state index < -0.39 is 0 Å². The van der Waals surface area contributed by atoms with Gasteiger partial charge in [0.1, 0.15) is 0 Å². The Kier molecular flexibility index (Phi) is 7.11. The van der Waals surface area contributed by atoms with Gasteiger partial charge >= 0.3 is 0 Å². The number of carbonyl (C=O) groups excluding carboxylic acids is 2. The largest absolute Gasteiger partial charge is 0.378 e. The molecule has 0 aliphatic rings. The molecule has 0 aromatic heterocycles. The molecule has 0 spiro atoms. The standard InChI is InChI=1S/C21H26N4O2/c1-15-5-8-18(13-16(15)2)23-20(26)11-12-21(27)24-22-14-17-6-9-19(10-7-17)25(3)4/h5-10,13-14H,11-12H2,1-4H3,(H,23,26)(H,24,27). The number of hydrogen-bond donors (Lipinski definition) is 2. The van der Waals surface area contributed by atoms with Gasteiger partial charge in [-0.05, 0) is 54.8 Å². The van der Waals surface area contributed by atoms with E-state index in [-0.39, 0.29) is 24.7 Å². The fourth-order valence-electron chi connectivity index (χ4n) is 2.36. The number of hydrogen-bond acceptors (Lipinski definition) is 4. The first kappa shape index (κ1) is 20.2. The molecular weight excluding hydrogens is 340 g/mol. The zero-order valence-electron chi connectivity index (χ0n) is 16.2. The van der Waals surface area contributed by atoms with Gasteiger partial charge in [0.2, 0.25) is 11.8 Å². The quantitative estimate of drug-likeness (QED) is 0.584. The van der Waals surface area contributed by atoms with Crippen molar-refractivity contribution in [3.63, 3.8) is 0 Å². The molecule has 2 N–H and O–H groups in total. The molecule has 0 saturated carbocycles. The van der Waals surface area contributed by atoms with E-state index in [1.165, 1.54) is 5.56 Å². The number of benzene rings is 2. The van der Waals surface area contributed by atoms with Gasteiger partial charge in [-0.25, -0.2) is 5.43 Å². The first-order chi connectivity index (χ1) is 12.8. The Morgan fingerprint density at radius 1 is 0.963 bits per heavy atom. The van der Waals surface area contributed by atoms with Crippen molar-refractivity contribution in [2.24, 2.45) is 5.10 Å². The molecule has 2 rings (SSSR count). The van der Waals surface area contributed by atoms with Crippen LogP contribution in [0.5, 0.6) is 0 Å². The lowest BCUT2D eigenvalue weighted by Crippen LogP contribution is -2.20. The molecule has 0 unspecified atom stereocenters. The summed E-state index contributed by atoms with van der Waals surface area (Å²) in [4.78, 5) is 25.8. The molecule has 27 heavy (non-hydrogen) atoms. The lowest BCUT2D eigenvalue weighted by atomic mass is 10.1. The van der Waals surface area contributed by atoms with Gasteiger partial charge < -0.3 is 10.2 Å². The number of hydrazone groups is 1. The van der Waals surface area contributed by atoms with Gasteiger partial charge in [0.25, 0.3) is 0 Å². The molecule has 6 heteroatoms. The second-order valence-corrected chi connectivity index (χ2v) is 6.63. The number of carbonyl (C=O) groups is 2. The second kappa shape index (κ2) is 9.52. The van der Waals surface area contributed by atoms with E-state index in [1.807, 2.05) is 75.3 Å². The predicted molar refractivity (Wildman–Crippen MR) is 110 cm³/mol. The molecule has 0 fully saturated rings. The number of rotatable bonds is 7. The zero-order chi connectivity index (χ0) is 19.8. The molecule has 2 aromatic carbocycles. The average molecular weight is 366 g/mol. The van der Waals surface area contributed by atoms with Crippen molar-refractivity contribution >= 4 is 29.4 Å². The first-order valence-corrected chi connectivity index (χ1v) is 8.81. The zero-order valence-corrected chi connectivity index (χ0v) is 16.2. The molecule has 6 nitrogen and oxygen atoms in total. The minimum atomic E-state index is -0.300. The van der Waals surface area contributed by atoms with Crippen LogP contribution in [0.2, 0.25) is 0 Å². The third-order valence-corrected chi connectivity index (χ3v) is 4.18. The van der Waals surface area contributed by atoms with E-state index in [0.717, 1.165) is 22.5 Å². The van der Waals surface area contributed by atoms with E-state index in [1.54, 1.807) is 6.21 Å². The lowest BCUT2D eigenvalue weighted by molar-refractivity contribution is -0.124. The molecule has 0 heterocycles. The van der Waals surface area contributed by atoms with Crippen molar-refractivity contribution < 1.29 is 9.59 Å². The van der Waals surface area contributed by atoms with Crippen molar-refractivity contribution in [3.8, 4) is 0 Å². The third kappa shape index (κ3) is 6.58. The van der Waals surface area contributed by atoms with Crippen LogP contribution in [0.15, 0.2) is 47.6 Å². The summed E-state index contributed by atoms with van der Waals surface area (Å²) in [7, 11) is 3.94. The number of nitrogens with one attached hydrogen (secondary N) is 2. The van der Waals surface area contributed by atoms with Crippen LogP contribution in [0.4, 0.5) is 11.4 Å². The highest BCUT2D eigenvalue weighted by molar-refractivity contribution is 5.93.